The van der Waals surface area contributed by atoms with Crippen molar-refractivity contribution in [2.75, 3.05) is 0 Å². The Balaban J connectivity index is 2.54. The molecule has 20 heavy (non-hydrogen) atoms. The normalized spacial score (nSPS) is 10.6. The Morgan fingerprint density at radius 1 is 1.10 bits per heavy atom. The molecule has 0 saturated carbocycles. The van der Waals surface area contributed by atoms with Crippen molar-refractivity contribution in [3.63, 3.8) is 0 Å². The molecule has 2 aromatic carbocycles. The molecule has 0 nitrogen and oxygen atoms in total. The van der Waals surface area contributed by atoms with E-state index in [1.165, 1.54) is 34.4 Å². The lowest BCUT2D eigenvalue weighted by Crippen LogP contribution is -1.94. The predicted octanol–water partition coefficient (Wildman–Crippen LogP) is 5.92. The molecule has 0 amide bonds. The summed E-state index contributed by atoms with van der Waals surface area (Å²) in [4.78, 5) is 0. The highest BCUT2D eigenvalue weighted by Gasteiger charge is 2.10. The number of allylic oxidation sites excluding steroid dienone is 1. The number of halogens is 1. The molecule has 0 saturated heterocycles. The van der Waals surface area contributed by atoms with Crippen LogP contribution in [0.15, 0.2) is 43.0 Å². The quantitative estimate of drug-likeness (QED) is 0.645. The molecule has 0 spiro atoms. The summed E-state index contributed by atoms with van der Waals surface area (Å²) in [7, 11) is 0. The van der Waals surface area contributed by atoms with Crippen LogP contribution in [0.1, 0.15) is 36.5 Å². The summed E-state index contributed by atoms with van der Waals surface area (Å²) in [5.74, 6) is -0.199. The topological polar surface area (TPSA) is 0 Å². The molecular formula is C19H21F. The lowest BCUT2D eigenvalue weighted by atomic mass is 9.90. The maximum absolute atomic E-state index is 13.1. The molecule has 0 heterocycles. The van der Waals surface area contributed by atoms with Gasteiger partial charge in [0.15, 0.2) is 0 Å². The second-order valence-corrected chi connectivity index (χ2v) is 5.35. The molecule has 0 atom stereocenters. The minimum atomic E-state index is -0.199. The van der Waals surface area contributed by atoms with Gasteiger partial charge < -0.3 is 0 Å². The molecule has 0 radical (unpaired) electrons. The second-order valence-electron chi connectivity index (χ2n) is 5.35. The van der Waals surface area contributed by atoms with Crippen LogP contribution < -0.4 is 0 Å². The van der Waals surface area contributed by atoms with Crippen molar-refractivity contribution in [1.29, 1.82) is 0 Å². The van der Waals surface area contributed by atoms with Crippen LogP contribution in [0.5, 0.6) is 0 Å². The molecule has 2 aromatic rings. The largest absolute Gasteiger partial charge is 0.207 e. The molecule has 0 aromatic heterocycles. The van der Waals surface area contributed by atoms with Crippen molar-refractivity contribution < 1.29 is 4.39 Å². The zero-order valence-electron chi connectivity index (χ0n) is 12.5. The predicted molar refractivity (Wildman–Crippen MR) is 85.3 cm³/mol. The van der Waals surface area contributed by atoms with E-state index in [1.807, 2.05) is 12.1 Å². The van der Waals surface area contributed by atoms with Gasteiger partial charge in [-0.2, -0.15) is 0 Å². The van der Waals surface area contributed by atoms with E-state index in [4.69, 9.17) is 0 Å². The Hall–Kier alpha value is -1.89. The third-order valence-electron chi connectivity index (χ3n) is 3.64. The summed E-state index contributed by atoms with van der Waals surface area (Å²) in [6.07, 6.45) is 2.10. The van der Waals surface area contributed by atoms with Gasteiger partial charge in [0.05, 0.1) is 0 Å². The first kappa shape index (κ1) is 14.5. The Morgan fingerprint density at radius 3 is 2.35 bits per heavy atom. The summed E-state index contributed by atoms with van der Waals surface area (Å²) < 4.78 is 13.1. The van der Waals surface area contributed by atoms with Gasteiger partial charge in [-0.25, -0.2) is 4.39 Å². The van der Waals surface area contributed by atoms with E-state index < -0.39 is 0 Å². The third kappa shape index (κ3) is 2.98. The van der Waals surface area contributed by atoms with E-state index in [0.717, 1.165) is 24.0 Å². The van der Waals surface area contributed by atoms with Gasteiger partial charge in [0.1, 0.15) is 5.82 Å². The average molecular weight is 268 g/mol. The number of hydrogen-bond donors (Lipinski definition) is 0. The first-order valence-electron chi connectivity index (χ1n) is 7.08. The lowest BCUT2D eigenvalue weighted by Gasteiger charge is -2.15. The highest BCUT2D eigenvalue weighted by molar-refractivity contribution is 5.77. The standard InChI is InChI=1S/C19H21F/c1-5-6-14(3)18-11-13(2)12-19(15(18)4)16-7-9-17(20)10-8-16/h7-12H,3,5-6H2,1-2,4H3. The van der Waals surface area contributed by atoms with Gasteiger partial charge in [0.25, 0.3) is 0 Å². The van der Waals surface area contributed by atoms with E-state index in [0.29, 0.717) is 0 Å². The zero-order chi connectivity index (χ0) is 14.7. The molecule has 0 unspecified atom stereocenters. The van der Waals surface area contributed by atoms with Crippen molar-refractivity contribution >= 4 is 5.57 Å². The molecule has 1 heteroatoms. The first-order valence-corrected chi connectivity index (χ1v) is 7.08. The first-order chi connectivity index (χ1) is 9.52. The summed E-state index contributed by atoms with van der Waals surface area (Å²) >= 11 is 0. The Morgan fingerprint density at radius 2 is 1.75 bits per heavy atom. The minimum absolute atomic E-state index is 0.199. The van der Waals surface area contributed by atoms with Gasteiger partial charge >= 0.3 is 0 Å². The third-order valence-corrected chi connectivity index (χ3v) is 3.64. The van der Waals surface area contributed by atoms with Crippen molar-refractivity contribution in [2.45, 2.75) is 33.6 Å². The molecule has 0 fully saturated rings. The van der Waals surface area contributed by atoms with E-state index in [1.54, 1.807) is 0 Å². The minimum Gasteiger partial charge on any atom is -0.207 e. The monoisotopic (exact) mass is 268 g/mol. The number of hydrogen-bond acceptors (Lipinski definition) is 0. The highest BCUT2D eigenvalue weighted by atomic mass is 19.1. The van der Waals surface area contributed by atoms with E-state index >= 15 is 0 Å². The number of rotatable bonds is 4. The number of aryl methyl sites for hydroxylation is 1. The maximum atomic E-state index is 13.1. The van der Waals surface area contributed by atoms with Crippen molar-refractivity contribution in [3.8, 4) is 11.1 Å². The lowest BCUT2D eigenvalue weighted by molar-refractivity contribution is 0.628. The van der Waals surface area contributed by atoms with E-state index in [2.05, 4.69) is 39.5 Å². The van der Waals surface area contributed by atoms with Crippen LogP contribution in [-0.2, 0) is 0 Å². The summed E-state index contributed by atoms with van der Waals surface area (Å²) in [6, 6.07) is 11.0. The fraction of sp³-hybridized carbons (Fsp3) is 0.263. The van der Waals surface area contributed by atoms with Crippen LogP contribution >= 0.6 is 0 Å². The molecule has 0 aliphatic carbocycles. The molecule has 0 N–H and O–H groups in total. The maximum Gasteiger partial charge on any atom is 0.123 e. The van der Waals surface area contributed by atoms with Crippen LogP contribution in [0.3, 0.4) is 0 Å². The van der Waals surface area contributed by atoms with Crippen molar-refractivity contribution in [3.05, 3.63) is 65.5 Å². The highest BCUT2D eigenvalue weighted by Crippen LogP contribution is 2.32. The smallest absolute Gasteiger partial charge is 0.123 e. The van der Waals surface area contributed by atoms with Gasteiger partial charge in [0.2, 0.25) is 0 Å². The van der Waals surface area contributed by atoms with Gasteiger partial charge in [-0.1, -0.05) is 44.2 Å². The number of benzene rings is 2. The fourth-order valence-corrected chi connectivity index (χ4v) is 2.59. The fourth-order valence-electron chi connectivity index (χ4n) is 2.59. The van der Waals surface area contributed by atoms with Crippen LogP contribution in [0.4, 0.5) is 4.39 Å². The molecule has 2 rings (SSSR count). The van der Waals surface area contributed by atoms with Gasteiger partial charge in [-0.15, -0.1) is 0 Å². The molecule has 0 aliphatic heterocycles. The average Bonchev–Trinajstić information content (AvgIpc) is 2.42. The summed E-state index contributed by atoms with van der Waals surface area (Å²) in [6.45, 7) is 10.6. The Kier molecular flexibility index (Phi) is 4.39. The van der Waals surface area contributed by atoms with Gasteiger partial charge in [-0.3, -0.25) is 0 Å². The Labute approximate surface area is 121 Å². The van der Waals surface area contributed by atoms with E-state index in [-0.39, 0.29) is 5.82 Å². The SMILES string of the molecule is C=C(CCC)c1cc(C)cc(-c2ccc(F)cc2)c1C. The molecule has 104 valence electrons. The van der Waals surface area contributed by atoms with Crippen molar-refractivity contribution in [1.82, 2.24) is 0 Å². The zero-order valence-corrected chi connectivity index (χ0v) is 12.5. The van der Waals surface area contributed by atoms with Gasteiger partial charge in [-0.05, 0) is 65.8 Å². The van der Waals surface area contributed by atoms with Crippen molar-refractivity contribution in [2.24, 2.45) is 0 Å². The second kappa shape index (κ2) is 6.04. The van der Waals surface area contributed by atoms with Crippen LogP contribution in [0.2, 0.25) is 0 Å². The molecule has 0 aliphatic rings. The van der Waals surface area contributed by atoms with Crippen LogP contribution in [0, 0.1) is 19.7 Å². The van der Waals surface area contributed by atoms with E-state index in [9.17, 15) is 4.39 Å². The van der Waals surface area contributed by atoms with Gasteiger partial charge in [0, 0.05) is 0 Å². The molecular weight excluding hydrogens is 247 g/mol. The van der Waals surface area contributed by atoms with Crippen LogP contribution in [0.25, 0.3) is 16.7 Å². The summed E-state index contributed by atoms with van der Waals surface area (Å²) in [5, 5.41) is 0. The Bertz CT molecular complexity index is 621. The van der Waals surface area contributed by atoms with Crippen LogP contribution in [-0.4, -0.2) is 0 Å². The molecule has 0 bridgehead atoms. The summed E-state index contributed by atoms with van der Waals surface area (Å²) in [5.41, 5.74) is 7.06.